The first-order valence-corrected chi connectivity index (χ1v) is 11.2. The minimum absolute atomic E-state index is 0.535. The molecule has 1 unspecified atom stereocenters. The summed E-state index contributed by atoms with van der Waals surface area (Å²) in [6, 6.07) is 26.2. The summed E-state index contributed by atoms with van der Waals surface area (Å²) in [6.07, 6.45) is 5.46. The van der Waals surface area contributed by atoms with Gasteiger partial charge in [0.1, 0.15) is 0 Å². The highest BCUT2D eigenvalue weighted by Crippen LogP contribution is 2.35. The molecule has 1 heterocycles. The molecule has 0 aliphatic heterocycles. The van der Waals surface area contributed by atoms with Crippen molar-refractivity contribution in [1.82, 2.24) is 4.57 Å². The standard InChI is InChI=1S/C30H31N/c1-6-22(4)25-12-8-9-13-26(25)23(5)20-28-27-14-10-11-15-30(27)31(29(28)7-2)24-18-16-21(3)17-19-24/h7-20,22H,2,6H2,1,3-5H3/b23-20+. The molecule has 1 atom stereocenters. The molecule has 31 heavy (non-hydrogen) atoms. The summed E-state index contributed by atoms with van der Waals surface area (Å²) in [7, 11) is 0. The Bertz CT molecular complexity index is 1250. The molecular formula is C30H31N. The van der Waals surface area contributed by atoms with Crippen LogP contribution in [0.25, 0.3) is 34.3 Å². The van der Waals surface area contributed by atoms with E-state index in [0.29, 0.717) is 5.92 Å². The lowest BCUT2D eigenvalue weighted by Crippen LogP contribution is -1.98. The van der Waals surface area contributed by atoms with Crippen LogP contribution in [0.2, 0.25) is 0 Å². The molecule has 0 fully saturated rings. The number of aromatic nitrogens is 1. The number of para-hydroxylation sites is 1. The molecule has 1 nitrogen and oxygen atoms in total. The van der Waals surface area contributed by atoms with Crippen LogP contribution in [-0.2, 0) is 0 Å². The Morgan fingerprint density at radius 1 is 0.968 bits per heavy atom. The van der Waals surface area contributed by atoms with E-state index in [0.717, 1.165) is 17.8 Å². The van der Waals surface area contributed by atoms with Crippen LogP contribution in [0.1, 0.15) is 61.1 Å². The molecule has 1 aromatic heterocycles. The molecule has 0 aliphatic carbocycles. The van der Waals surface area contributed by atoms with Gasteiger partial charge in [0.2, 0.25) is 0 Å². The Kier molecular flexibility index (Phi) is 5.95. The second-order valence-electron chi connectivity index (χ2n) is 8.42. The van der Waals surface area contributed by atoms with Crippen molar-refractivity contribution in [1.29, 1.82) is 0 Å². The first-order chi connectivity index (χ1) is 15.0. The van der Waals surface area contributed by atoms with Gasteiger partial charge in [-0.2, -0.15) is 0 Å². The van der Waals surface area contributed by atoms with Crippen molar-refractivity contribution in [2.24, 2.45) is 0 Å². The van der Waals surface area contributed by atoms with E-state index in [2.05, 4.69) is 118 Å². The third-order valence-corrected chi connectivity index (χ3v) is 6.33. The summed E-state index contributed by atoms with van der Waals surface area (Å²) >= 11 is 0. The van der Waals surface area contributed by atoms with Gasteiger partial charge in [-0.1, -0.05) is 80.6 Å². The highest BCUT2D eigenvalue weighted by Gasteiger charge is 2.16. The average molecular weight is 406 g/mol. The predicted octanol–water partition coefficient (Wildman–Crippen LogP) is 8.66. The first kappa shape index (κ1) is 20.9. The molecule has 0 N–H and O–H groups in total. The number of allylic oxidation sites excluding steroid dienone is 1. The SMILES string of the molecule is C=Cc1c(/C=C(\C)c2ccccc2C(C)CC)c2ccccc2n1-c1ccc(C)cc1. The van der Waals surface area contributed by atoms with E-state index in [-0.39, 0.29) is 0 Å². The van der Waals surface area contributed by atoms with E-state index in [1.165, 1.54) is 38.7 Å². The Morgan fingerprint density at radius 3 is 2.35 bits per heavy atom. The molecule has 1 heteroatoms. The maximum atomic E-state index is 4.18. The minimum Gasteiger partial charge on any atom is -0.309 e. The van der Waals surface area contributed by atoms with E-state index < -0.39 is 0 Å². The van der Waals surface area contributed by atoms with Gasteiger partial charge >= 0.3 is 0 Å². The number of nitrogens with zero attached hydrogens (tertiary/aromatic N) is 1. The summed E-state index contributed by atoms with van der Waals surface area (Å²) in [4.78, 5) is 0. The van der Waals surface area contributed by atoms with Crippen molar-refractivity contribution >= 4 is 28.6 Å². The third-order valence-electron chi connectivity index (χ3n) is 6.33. The van der Waals surface area contributed by atoms with Gasteiger partial charge in [0, 0.05) is 16.6 Å². The molecule has 156 valence electrons. The third kappa shape index (κ3) is 3.88. The summed E-state index contributed by atoms with van der Waals surface area (Å²) in [6.45, 7) is 13.1. The topological polar surface area (TPSA) is 4.93 Å². The van der Waals surface area contributed by atoms with Crippen molar-refractivity contribution < 1.29 is 0 Å². The van der Waals surface area contributed by atoms with Crippen LogP contribution in [0.4, 0.5) is 0 Å². The summed E-state index contributed by atoms with van der Waals surface area (Å²) in [5.41, 5.74) is 10.0. The predicted molar refractivity (Wildman–Crippen MR) is 137 cm³/mol. The Morgan fingerprint density at radius 2 is 1.65 bits per heavy atom. The van der Waals surface area contributed by atoms with Gasteiger partial charge in [-0.05, 0) is 73.2 Å². The maximum Gasteiger partial charge on any atom is 0.0541 e. The number of hydrogen-bond acceptors (Lipinski definition) is 0. The fourth-order valence-corrected chi connectivity index (χ4v) is 4.41. The molecule has 0 spiro atoms. The second-order valence-corrected chi connectivity index (χ2v) is 8.42. The Balaban J connectivity index is 1.95. The second kappa shape index (κ2) is 8.81. The minimum atomic E-state index is 0.535. The zero-order valence-corrected chi connectivity index (χ0v) is 19.0. The van der Waals surface area contributed by atoms with Crippen LogP contribution >= 0.6 is 0 Å². The molecule has 0 saturated heterocycles. The van der Waals surface area contributed by atoms with Gasteiger partial charge in [-0.3, -0.25) is 0 Å². The van der Waals surface area contributed by atoms with Crippen LogP contribution in [0.15, 0.2) is 79.4 Å². The maximum absolute atomic E-state index is 4.18. The van der Waals surface area contributed by atoms with Crippen LogP contribution in [0, 0.1) is 6.92 Å². The highest BCUT2D eigenvalue weighted by atomic mass is 15.0. The number of fused-ring (bicyclic) bond motifs is 1. The quantitative estimate of drug-likeness (QED) is 0.302. The highest BCUT2D eigenvalue weighted by molar-refractivity contribution is 5.99. The average Bonchev–Trinajstić information content (AvgIpc) is 3.12. The number of rotatable bonds is 6. The zero-order valence-electron chi connectivity index (χ0n) is 19.0. The van der Waals surface area contributed by atoms with Crippen LogP contribution in [0.3, 0.4) is 0 Å². The Labute approximate surface area is 186 Å². The van der Waals surface area contributed by atoms with Crippen LogP contribution in [0.5, 0.6) is 0 Å². The van der Waals surface area contributed by atoms with Crippen molar-refractivity contribution in [2.45, 2.75) is 40.0 Å². The molecular weight excluding hydrogens is 374 g/mol. The largest absolute Gasteiger partial charge is 0.309 e. The van der Waals surface area contributed by atoms with Gasteiger partial charge in [-0.25, -0.2) is 0 Å². The molecule has 0 bridgehead atoms. The Hall–Kier alpha value is -3.32. The van der Waals surface area contributed by atoms with Crippen molar-refractivity contribution in [3.63, 3.8) is 0 Å². The monoisotopic (exact) mass is 405 g/mol. The van der Waals surface area contributed by atoms with Crippen LogP contribution in [-0.4, -0.2) is 4.57 Å². The van der Waals surface area contributed by atoms with Crippen molar-refractivity contribution in [3.8, 4) is 5.69 Å². The van der Waals surface area contributed by atoms with E-state index in [1.807, 2.05) is 6.08 Å². The van der Waals surface area contributed by atoms with Crippen LogP contribution < -0.4 is 0 Å². The fourth-order valence-electron chi connectivity index (χ4n) is 4.41. The summed E-state index contributed by atoms with van der Waals surface area (Å²) < 4.78 is 2.32. The molecule has 4 rings (SSSR count). The van der Waals surface area contributed by atoms with Gasteiger partial charge in [-0.15, -0.1) is 0 Å². The molecule has 0 amide bonds. The number of aryl methyl sites for hydroxylation is 1. The number of hydrogen-bond donors (Lipinski definition) is 0. The molecule has 4 aromatic rings. The van der Waals surface area contributed by atoms with Gasteiger partial charge in [0.15, 0.2) is 0 Å². The van der Waals surface area contributed by atoms with Gasteiger partial charge < -0.3 is 4.57 Å². The summed E-state index contributed by atoms with van der Waals surface area (Å²) in [5.74, 6) is 0.535. The molecule has 0 aliphatic rings. The molecule has 0 radical (unpaired) electrons. The smallest absolute Gasteiger partial charge is 0.0541 e. The lowest BCUT2D eigenvalue weighted by Gasteiger charge is -2.15. The van der Waals surface area contributed by atoms with E-state index in [1.54, 1.807) is 0 Å². The lowest BCUT2D eigenvalue weighted by molar-refractivity contribution is 0.731. The van der Waals surface area contributed by atoms with E-state index >= 15 is 0 Å². The number of benzene rings is 3. The summed E-state index contributed by atoms with van der Waals surface area (Å²) in [5, 5.41) is 1.25. The first-order valence-electron chi connectivity index (χ1n) is 11.2. The van der Waals surface area contributed by atoms with Gasteiger partial charge in [0.25, 0.3) is 0 Å². The normalized spacial score (nSPS) is 12.8. The van der Waals surface area contributed by atoms with E-state index in [4.69, 9.17) is 0 Å². The lowest BCUT2D eigenvalue weighted by atomic mass is 9.89. The molecule has 3 aromatic carbocycles. The van der Waals surface area contributed by atoms with Crippen molar-refractivity contribution in [3.05, 3.63) is 107 Å². The zero-order chi connectivity index (χ0) is 22.0. The van der Waals surface area contributed by atoms with Crippen molar-refractivity contribution in [2.75, 3.05) is 0 Å². The van der Waals surface area contributed by atoms with Gasteiger partial charge in [0.05, 0.1) is 11.2 Å². The molecule has 0 saturated carbocycles. The van der Waals surface area contributed by atoms with E-state index in [9.17, 15) is 0 Å². The fraction of sp³-hybridized carbons (Fsp3) is 0.200.